The molecule has 1 aromatic rings. The molecule has 0 fully saturated rings. The molecule has 0 radical (unpaired) electrons. The Kier molecular flexibility index (Phi) is 3.88. The van der Waals surface area contributed by atoms with Crippen LogP contribution in [0.25, 0.3) is 0 Å². The Labute approximate surface area is 82.0 Å². The van der Waals surface area contributed by atoms with Crippen molar-refractivity contribution in [3.63, 3.8) is 0 Å². The van der Waals surface area contributed by atoms with E-state index in [9.17, 15) is 0 Å². The number of hydrogen-bond donors (Lipinski definition) is 0. The van der Waals surface area contributed by atoms with E-state index in [1.165, 1.54) is 24.3 Å². The minimum Gasteiger partial charge on any atom is -0.189 e. The van der Waals surface area contributed by atoms with Crippen LogP contribution in [0.2, 0.25) is 0 Å². The van der Waals surface area contributed by atoms with E-state index < -0.39 is 0 Å². The molecule has 0 heteroatoms. The van der Waals surface area contributed by atoms with Gasteiger partial charge < -0.3 is 0 Å². The van der Waals surface area contributed by atoms with Crippen molar-refractivity contribution in [2.45, 2.75) is 33.6 Å². The third kappa shape index (κ3) is 3.14. The highest BCUT2D eigenvalue weighted by molar-refractivity contribution is 5.28. The highest BCUT2D eigenvalue weighted by atomic mass is 14.1. The van der Waals surface area contributed by atoms with Crippen molar-refractivity contribution in [2.24, 2.45) is 5.92 Å². The molecule has 0 amide bonds. The molecule has 1 rings (SSSR count). The first-order chi connectivity index (χ1) is 6.24. The highest BCUT2D eigenvalue weighted by Gasteiger charge is 2.01. The highest BCUT2D eigenvalue weighted by Crippen LogP contribution is 2.23. The Morgan fingerprint density at radius 3 is 2.38 bits per heavy atom. The second-order valence-electron chi connectivity index (χ2n) is 3.86. The summed E-state index contributed by atoms with van der Waals surface area (Å²) in [4.78, 5) is 0. The van der Waals surface area contributed by atoms with Crippen molar-refractivity contribution < 1.29 is 0 Å². The van der Waals surface area contributed by atoms with Crippen LogP contribution in [0.5, 0.6) is 0 Å². The Balaban J connectivity index is 2.53. The zero-order valence-corrected chi connectivity index (χ0v) is 8.88. The molecular formula is C13H19-. The topological polar surface area (TPSA) is 0 Å². The maximum absolute atomic E-state index is 2.31. The largest absolute Gasteiger partial charge is 0.189 e. The summed E-state index contributed by atoms with van der Waals surface area (Å²) in [6.07, 6.45) is 2.49. The fourth-order valence-corrected chi connectivity index (χ4v) is 1.51. The van der Waals surface area contributed by atoms with E-state index in [1.54, 1.807) is 0 Å². The molecular weight excluding hydrogens is 156 g/mol. The monoisotopic (exact) mass is 175 g/mol. The van der Waals surface area contributed by atoms with Gasteiger partial charge in [-0.2, -0.15) is 23.6 Å². The lowest BCUT2D eigenvalue weighted by molar-refractivity contribution is 0.534. The molecule has 13 heavy (non-hydrogen) atoms. The first kappa shape index (κ1) is 10.2. The molecule has 0 aliphatic heterocycles. The van der Waals surface area contributed by atoms with Gasteiger partial charge in [0, 0.05) is 0 Å². The molecule has 0 spiro atoms. The van der Waals surface area contributed by atoms with Crippen molar-refractivity contribution in [2.75, 3.05) is 0 Å². The van der Waals surface area contributed by atoms with Crippen LogP contribution in [0.3, 0.4) is 0 Å². The summed E-state index contributed by atoms with van der Waals surface area (Å²) in [7, 11) is 0. The molecule has 0 aliphatic rings. The van der Waals surface area contributed by atoms with E-state index in [-0.39, 0.29) is 0 Å². The molecule has 0 nitrogen and oxygen atoms in total. The van der Waals surface area contributed by atoms with Gasteiger partial charge in [-0.05, 0) is 0 Å². The van der Waals surface area contributed by atoms with Crippen LogP contribution in [-0.2, 0) is 0 Å². The summed E-state index contributed by atoms with van der Waals surface area (Å²) in [5.41, 5.74) is 1.39. The molecule has 0 aliphatic carbocycles. The summed E-state index contributed by atoms with van der Waals surface area (Å²) in [6, 6.07) is 10.7. The van der Waals surface area contributed by atoms with Crippen molar-refractivity contribution in [1.82, 2.24) is 0 Å². The molecule has 0 heterocycles. The first-order valence-electron chi connectivity index (χ1n) is 5.12. The standard InChI is InChI=1S/C13H19/c1-4-11(2)10-12(3)13-8-6-5-7-9-13/h5-9,11H,4,10H2,1-3H3/q-1. The number of benzene rings is 1. The quantitative estimate of drug-likeness (QED) is 0.605. The van der Waals surface area contributed by atoms with E-state index in [4.69, 9.17) is 0 Å². The van der Waals surface area contributed by atoms with E-state index in [0.717, 1.165) is 5.92 Å². The van der Waals surface area contributed by atoms with Gasteiger partial charge >= 0.3 is 0 Å². The van der Waals surface area contributed by atoms with Gasteiger partial charge in [-0.15, -0.1) is 12.1 Å². The summed E-state index contributed by atoms with van der Waals surface area (Å²) in [6.45, 7) is 6.80. The molecule has 72 valence electrons. The SMILES string of the molecule is CCC(C)C[C-](C)c1ccccc1. The molecule has 0 saturated heterocycles. The summed E-state index contributed by atoms with van der Waals surface area (Å²) in [5.74, 6) is 2.31. The molecule has 0 aromatic heterocycles. The molecule has 0 bridgehead atoms. The predicted octanol–water partition coefficient (Wildman–Crippen LogP) is 4.07. The third-order valence-electron chi connectivity index (χ3n) is 2.62. The van der Waals surface area contributed by atoms with Gasteiger partial charge in [0.1, 0.15) is 0 Å². The van der Waals surface area contributed by atoms with Crippen LogP contribution in [-0.4, -0.2) is 0 Å². The lowest BCUT2D eigenvalue weighted by Gasteiger charge is -2.23. The smallest absolute Gasteiger partial charge is 0.0513 e. The lowest BCUT2D eigenvalue weighted by Crippen LogP contribution is -2.01. The molecule has 0 saturated carbocycles. The van der Waals surface area contributed by atoms with Gasteiger partial charge in [-0.1, -0.05) is 45.6 Å². The first-order valence-corrected chi connectivity index (χ1v) is 5.12. The Morgan fingerprint density at radius 1 is 1.23 bits per heavy atom. The number of rotatable bonds is 4. The van der Waals surface area contributed by atoms with Gasteiger partial charge in [0.15, 0.2) is 0 Å². The van der Waals surface area contributed by atoms with Crippen LogP contribution in [0.4, 0.5) is 0 Å². The van der Waals surface area contributed by atoms with Crippen molar-refractivity contribution in [3.8, 4) is 0 Å². The average molecular weight is 175 g/mol. The Hall–Kier alpha value is -0.910. The van der Waals surface area contributed by atoms with Crippen molar-refractivity contribution >= 4 is 0 Å². The van der Waals surface area contributed by atoms with Crippen LogP contribution >= 0.6 is 0 Å². The average Bonchev–Trinajstić information content (AvgIpc) is 2.19. The minimum atomic E-state index is 0.806. The van der Waals surface area contributed by atoms with Gasteiger partial charge in [-0.25, -0.2) is 0 Å². The van der Waals surface area contributed by atoms with Crippen molar-refractivity contribution in [1.29, 1.82) is 0 Å². The van der Waals surface area contributed by atoms with Gasteiger partial charge in [0.2, 0.25) is 0 Å². The zero-order chi connectivity index (χ0) is 9.68. The van der Waals surface area contributed by atoms with Crippen LogP contribution in [0, 0.1) is 11.8 Å². The maximum atomic E-state index is 2.31. The van der Waals surface area contributed by atoms with Crippen LogP contribution in [0.15, 0.2) is 30.3 Å². The van der Waals surface area contributed by atoms with Crippen LogP contribution in [0.1, 0.15) is 39.2 Å². The zero-order valence-electron chi connectivity index (χ0n) is 8.88. The minimum absolute atomic E-state index is 0.806. The predicted molar refractivity (Wildman–Crippen MR) is 58.5 cm³/mol. The van der Waals surface area contributed by atoms with Gasteiger partial charge in [0.25, 0.3) is 0 Å². The van der Waals surface area contributed by atoms with Crippen LogP contribution < -0.4 is 0 Å². The normalized spacial score (nSPS) is 12.5. The van der Waals surface area contributed by atoms with Gasteiger partial charge in [-0.3, -0.25) is 0 Å². The maximum Gasteiger partial charge on any atom is -0.0513 e. The molecule has 1 atom stereocenters. The molecule has 0 N–H and O–H groups in total. The third-order valence-corrected chi connectivity index (χ3v) is 2.62. The van der Waals surface area contributed by atoms with E-state index in [2.05, 4.69) is 51.1 Å². The van der Waals surface area contributed by atoms with E-state index in [0.29, 0.717) is 0 Å². The number of hydrogen-bond acceptors (Lipinski definition) is 0. The summed E-state index contributed by atoms with van der Waals surface area (Å²) in [5, 5.41) is 0. The second kappa shape index (κ2) is 4.96. The summed E-state index contributed by atoms with van der Waals surface area (Å²) >= 11 is 0. The van der Waals surface area contributed by atoms with E-state index in [1.807, 2.05) is 0 Å². The van der Waals surface area contributed by atoms with Gasteiger partial charge in [0.05, 0.1) is 0 Å². The molecule has 1 unspecified atom stereocenters. The summed E-state index contributed by atoms with van der Waals surface area (Å²) < 4.78 is 0. The van der Waals surface area contributed by atoms with Crippen molar-refractivity contribution in [3.05, 3.63) is 41.8 Å². The lowest BCUT2D eigenvalue weighted by atomic mass is 9.90. The Morgan fingerprint density at radius 2 is 1.85 bits per heavy atom. The second-order valence-corrected chi connectivity index (χ2v) is 3.86. The molecule has 1 aromatic carbocycles. The fourth-order valence-electron chi connectivity index (χ4n) is 1.51. The Bertz CT molecular complexity index is 225. The fraction of sp³-hybridized carbons (Fsp3) is 0.462. The van der Waals surface area contributed by atoms with E-state index >= 15 is 0 Å².